The van der Waals surface area contributed by atoms with Gasteiger partial charge < -0.3 is 14.4 Å². The molecular formula is C10H7ClN2O6S. The second-order valence-corrected chi connectivity index (χ2v) is 6.10. The Morgan fingerprint density at radius 1 is 1.45 bits per heavy atom. The Labute approximate surface area is 117 Å². The van der Waals surface area contributed by atoms with E-state index in [9.17, 15) is 13.2 Å². The van der Waals surface area contributed by atoms with E-state index in [1.54, 1.807) is 0 Å². The average Bonchev–Trinajstić information content (AvgIpc) is 2.88. The maximum absolute atomic E-state index is 11.2. The lowest BCUT2D eigenvalue weighted by atomic mass is 10.2. The van der Waals surface area contributed by atoms with Gasteiger partial charge in [-0.3, -0.25) is 0 Å². The normalized spacial score (nSPS) is 11.2. The summed E-state index contributed by atoms with van der Waals surface area (Å²) in [6.07, 6.45) is 1.10. The summed E-state index contributed by atoms with van der Waals surface area (Å²) in [5.74, 6) is -1.17. The summed E-state index contributed by atoms with van der Waals surface area (Å²) < 4.78 is 32.0. The minimum Gasteiger partial charge on any atom is -0.485 e. The highest BCUT2D eigenvalue weighted by Crippen LogP contribution is 2.25. The van der Waals surface area contributed by atoms with Crippen LogP contribution in [0.1, 0.15) is 16.2 Å². The van der Waals surface area contributed by atoms with Crippen molar-refractivity contribution >= 4 is 25.7 Å². The first-order chi connectivity index (χ1) is 9.38. The number of rotatable bonds is 5. The number of carbonyl (C=O) groups is 1. The first-order valence-electron chi connectivity index (χ1n) is 5.08. The summed E-state index contributed by atoms with van der Waals surface area (Å²) in [6.45, 7) is -0.121. The molecule has 8 nitrogen and oxygen atoms in total. The van der Waals surface area contributed by atoms with Crippen molar-refractivity contribution in [1.29, 1.82) is 0 Å². The largest absolute Gasteiger partial charge is 0.485 e. The quantitative estimate of drug-likeness (QED) is 0.818. The number of carboxylic acids is 1. The smallest absolute Gasteiger partial charge is 0.339 e. The number of aromatic carboxylic acids is 1. The minimum absolute atomic E-state index is 0.0358. The zero-order chi connectivity index (χ0) is 14.8. The molecule has 1 heterocycles. The highest BCUT2D eigenvalue weighted by atomic mass is 35.7. The van der Waals surface area contributed by atoms with Crippen LogP contribution < -0.4 is 4.74 Å². The molecule has 0 aliphatic heterocycles. The Morgan fingerprint density at radius 2 is 2.20 bits per heavy atom. The van der Waals surface area contributed by atoms with Crippen LogP contribution in [-0.4, -0.2) is 29.6 Å². The van der Waals surface area contributed by atoms with Crippen molar-refractivity contribution < 1.29 is 27.6 Å². The fourth-order valence-corrected chi connectivity index (χ4v) is 2.13. The van der Waals surface area contributed by atoms with Gasteiger partial charge in [-0.1, -0.05) is 5.16 Å². The van der Waals surface area contributed by atoms with E-state index in [1.807, 2.05) is 0 Å². The Bertz CT molecular complexity index is 728. The van der Waals surface area contributed by atoms with Crippen LogP contribution >= 0.6 is 10.7 Å². The predicted octanol–water partition coefficient (Wildman–Crippen LogP) is 1.27. The second-order valence-electron chi connectivity index (χ2n) is 3.54. The van der Waals surface area contributed by atoms with Gasteiger partial charge in [0.2, 0.25) is 12.2 Å². The molecule has 0 amide bonds. The predicted molar refractivity (Wildman–Crippen MR) is 65.1 cm³/mol. The highest BCUT2D eigenvalue weighted by Gasteiger charge is 2.18. The molecule has 0 aliphatic carbocycles. The Morgan fingerprint density at radius 3 is 2.75 bits per heavy atom. The molecule has 10 heteroatoms. The molecule has 0 saturated carbocycles. The number of hydrogen-bond donors (Lipinski definition) is 1. The first kappa shape index (κ1) is 14.3. The van der Waals surface area contributed by atoms with Crippen molar-refractivity contribution in [3.63, 3.8) is 0 Å². The van der Waals surface area contributed by atoms with E-state index in [0.29, 0.717) is 0 Å². The van der Waals surface area contributed by atoms with E-state index in [1.165, 1.54) is 6.07 Å². The van der Waals surface area contributed by atoms with Crippen LogP contribution in [0.3, 0.4) is 0 Å². The van der Waals surface area contributed by atoms with Gasteiger partial charge in [0.15, 0.2) is 6.61 Å². The number of ether oxygens (including phenoxy) is 1. The summed E-state index contributed by atoms with van der Waals surface area (Å²) in [5.41, 5.74) is -0.338. The third kappa shape index (κ3) is 3.25. The van der Waals surface area contributed by atoms with Gasteiger partial charge in [-0.2, -0.15) is 4.98 Å². The van der Waals surface area contributed by atoms with Gasteiger partial charge in [0.25, 0.3) is 9.05 Å². The molecule has 0 atom stereocenters. The monoisotopic (exact) mass is 318 g/mol. The summed E-state index contributed by atoms with van der Waals surface area (Å²) in [4.78, 5) is 14.5. The maximum atomic E-state index is 11.2. The van der Waals surface area contributed by atoms with E-state index in [-0.39, 0.29) is 28.6 Å². The van der Waals surface area contributed by atoms with E-state index in [2.05, 4.69) is 14.7 Å². The lowest BCUT2D eigenvalue weighted by Gasteiger charge is -2.08. The molecule has 0 fully saturated rings. The van der Waals surface area contributed by atoms with Crippen LogP contribution in [0, 0.1) is 0 Å². The topological polar surface area (TPSA) is 120 Å². The number of aromatic nitrogens is 2. The first-order valence-corrected chi connectivity index (χ1v) is 7.39. The molecule has 2 rings (SSSR count). The molecule has 1 aromatic heterocycles. The van der Waals surface area contributed by atoms with Crippen LogP contribution in [0.4, 0.5) is 0 Å². The van der Waals surface area contributed by atoms with E-state index < -0.39 is 15.0 Å². The van der Waals surface area contributed by atoms with Crippen LogP contribution in [0.2, 0.25) is 0 Å². The van der Waals surface area contributed by atoms with Gasteiger partial charge in [-0.15, -0.1) is 0 Å². The zero-order valence-corrected chi connectivity index (χ0v) is 11.3. The minimum atomic E-state index is -4.02. The summed E-state index contributed by atoms with van der Waals surface area (Å²) in [5, 5.41) is 12.5. The van der Waals surface area contributed by atoms with Gasteiger partial charge in [0.05, 0.1) is 4.90 Å². The summed E-state index contributed by atoms with van der Waals surface area (Å²) in [7, 11) is 1.13. The number of halogens is 1. The lowest BCUT2D eigenvalue weighted by Crippen LogP contribution is -2.06. The molecule has 0 spiro atoms. The van der Waals surface area contributed by atoms with Gasteiger partial charge in [0, 0.05) is 10.7 Å². The van der Waals surface area contributed by atoms with Crippen molar-refractivity contribution in [1.82, 2.24) is 10.1 Å². The Balaban J connectivity index is 2.31. The Hall–Kier alpha value is -2.13. The molecular weight excluding hydrogens is 312 g/mol. The van der Waals surface area contributed by atoms with Crippen molar-refractivity contribution in [2.24, 2.45) is 0 Å². The van der Waals surface area contributed by atoms with E-state index in [0.717, 1.165) is 18.5 Å². The van der Waals surface area contributed by atoms with Crippen LogP contribution in [0.25, 0.3) is 0 Å². The molecule has 106 valence electrons. The molecule has 0 radical (unpaired) electrons. The molecule has 0 aliphatic rings. The van der Waals surface area contributed by atoms with Gasteiger partial charge in [0.1, 0.15) is 11.3 Å². The summed E-state index contributed by atoms with van der Waals surface area (Å²) in [6, 6.07) is 3.25. The van der Waals surface area contributed by atoms with Crippen LogP contribution in [0.15, 0.2) is 34.0 Å². The molecule has 2 aromatic rings. The lowest BCUT2D eigenvalue weighted by molar-refractivity contribution is 0.0691. The standard InChI is InChI=1S/C10H7ClN2O6S/c11-20(16,17)6-1-2-8(7(3-6)10(14)15)18-4-9-12-5-19-13-9/h1-3,5H,4H2,(H,14,15). The average molecular weight is 319 g/mol. The molecule has 0 saturated heterocycles. The molecule has 1 N–H and O–H groups in total. The highest BCUT2D eigenvalue weighted by molar-refractivity contribution is 8.13. The molecule has 0 unspecified atom stereocenters. The second kappa shape index (κ2) is 5.47. The number of nitrogens with zero attached hydrogens (tertiary/aromatic N) is 2. The van der Waals surface area contributed by atoms with Gasteiger partial charge in [-0.05, 0) is 18.2 Å². The summed E-state index contributed by atoms with van der Waals surface area (Å²) >= 11 is 0. The van der Waals surface area contributed by atoms with Crippen LogP contribution in [-0.2, 0) is 15.7 Å². The SMILES string of the molecule is O=C(O)c1cc(S(=O)(=O)Cl)ccc1OCc1ncon1. The number of hydrogen-bond acceptors (Lipinski definition) is 7. The zero-order valence-electron chi connectivity index (χ0n) is 9.69. The Kier molecular flexibility index (Phi) is 3.91. The van der Waals surface area contributed by atoms with Crippen molar-refractivity contribution in [2.75, 3.05) is 0 Å². The van der Waals surface area contributed by atoms with Crippen molar-refractivity contribution in [3.05, 3.63) is 36.0 Å². The van der Waals surface area contributed by atoms with E-state index >= 15 is 0 Å². The fraction of sp³-hybridized carbons (Fsp3) is 0.100. The maximum Gasteiger partial charge on any atom is 0.339 e. The number of benzene rings is 1. The molecule has 1 aromatic carbocycles. The van der Waals surface area contributed by atoms with Crippen molar-refractivity contribution in [2.45, 2.75) is 11.5 Å². The molecule has 20 heavy (non-hydrogen) atoms. The van der Waals surface area contributed by atoms with Gasteiger partial charge in [-0.25, -0.2) is 13.2 Å². The number of carboxylic acid groups (broad SMARTS) is 1. The van der Waals surface area contributed by atoms with Gasteiger partial charge >= 0.3 is 5.97 Å². The van der Waals surface area contributed by atoms with Crippen molar-refractivity contribution in [3.8, 4) is 5.75 Å². The third-order valence-corrected chi connectivity index (χ3v) is 3.58. The third-order valence-electron chi connectivity index (χ3n) is 2.23. The van der Waals surface area contributed by atoms with Crippen LogP contribution in [0.5, 0.6) is 5.75 Å². The fourth-order valence-electron chi connectivity index (χ4n) is 1.35. The van der Waals surface area contributed by atoms with E-state index in [4.69, 9.17) is 20.5 Å². The molecule has 0 bridgehead atoms.